The Morgan fingerprint density at radius 2 is 1.64 bits per heavy atom. The number of hydrogen-bond acceptors (Lipinski definition) is 10. The van der Waals surface area contributed by atoms with E-state index in [1.807, 2.05) is 0 Å². The summed E-state index contributed by atoms with van der Waals surface area (Å²) < 4.78 is 0. The topological polar surface area (TPSA) is 248 Å². The molecule has 15 heteroatoms. The van der Waals surface area contributed by atoms with Crippen LogP contribution in [0.15, 0.2) is 59.8 Å². The summed E-state index contributed by atoms with van der Waals surface area (Å²) in [5.74, 6) is -1.87. The molecule has 0 aliphatic carbocycles. The minimum atomic E-state index is -1.18. The standard InChI is InChI=1S/C27H27N11O4/c28-22-21-23(36-27(29)35-22)32-14-19(33-21)10-5-15-3-6-17(7-4-15)25(40)34-20(26(41)42)2-1-13-31-24(39)16-8-11-18(12-9-16)37-38-30/h3-4,6-9,11-12,14,20H,1-2,5,10,13H2,(H,31,39)(H,34,40)(H,41,42)(H4,28,29,32,35,36)/t20-/m0/s1. The average molecular weight is 570 g/mol. The molecule has 4 rings (SSSR count). The average Bonchev–Trinajstić information content (AvgIpc) is 2.98. The van der Waals surface area contributed by atoms with E-state index >= 15 is 0 Å². The number of amides is 2. The highest BCUT2D eigenvalue weighted by atomic mass is 16.4. The van der Waals surface area contributed by atoms with Crippen LogP contribution < -0.4 is 22.1 Å². The second-order valence-electron chi connectivity index (χ2n) is 9.20. The molecular formula is C27H27N11O4. The SMILES string of the molecule is [N-]=[N+]=Nc1ccc(C(=O)NCCC[C@H](NC(=O)c2ccc(CCc3cnc4nc(N)nc(N)c4n3)cc2)C(=O)O)cc1. The molecule has 0 unspecified atom stereocenters. The highest BCUT2D eigenvalue weighted by Crippen LogP contribution is 2.16. The normalized spacial score (nSPS) is 11.3. The van der Waals surface area contributed by atoms with Crippen molar-refractivity contribution in [2.75, 3.05) is 18.0 Å². The molecule has 0 aliphatic heterocycles. The zero-order valence-electron chi connectivity index (χ0n) is 22.3. The molecule has 0 fully saturated rings. The predicted molar refractivity (Wildman–Crippen MR) is 154 cm³/mol. The maximum Gasteiger partial charge on any atom is 0.326 e. The molecule has 42 heavy (non-hydrogen) atoms. The summed E-state index contributed by atoms with van der Waals surface area (Å²) in [5.41, 5.74) is 23.3. The highest BCUT2D eigenvalue weighted by Gasteiger charge is 2.20. The fourth-order valence-electron chi connectivity index (χ4n) is 4.04. The number of aromatic nitrogens is 4. The number of carbonyl (C=O) groups is 3. The molecule has 0 saturated heterocycles. The molecule has 0 bridgehead atoms. The van der Waals surface area contributed by atoms with Crippen molar-refractivity contribution in [2.45, 2.75) is 31.7 Å². The number of carbonyl (C=O) groups excluding carboxylic acids is 2. The van der Waals surface area contributed by atoms with Gasteiger partial charge in [-0.25, -0.2) is 14.8 Å². The van der Waals surface area contributed by atoms with E-state index in [2.05, 4.69) is 40.6 Å². The van der Waals surface area contributed by atoms with E-state index in [1.165, 1.54) is 24.3 Å². The number of anilines is 2. The summed E-state index contributed by atoms with van der Waals surface area (Å²) >= 11 is 0. The molecule has 2 heterocycles. The van der Waals surface area contributed by atoms with Gasteiger partial charge in [0.05, 0.1) is 11.9 Å². The van der Waals surface area contributed by atoms with Crippen LogP contribution in [0.1, 0.15) is 44.8 Å². The van der Waals surface area contributed by atoms with Crippen molar-refractivity contribution < 1.29 is 19.5 Å². The van der Waals surface area contributed by atoms with E-state index in [4.69, 9.17) is 17.0 Å². The van der Waals surface area contributed by atoms with Crippen molar-refractivity contribution in [3.8, 4) is 0 Å². The number of nitrogen functional groups attached to an aromatic ring is 2. The molecule has 2 aromatic heterocycles. The largest absolute Gasteiger partial charge is 0.480 e. The molecule has 15 nitrogen and oxygen atoms in total. The lowest BCUT2D eigenvalue weighted by atomic mass is 10.1. The number of nitrogens with two attached hydrogens (primary N) is 2. The van der Waals surface area contributed by atoms with Gasteiger partial charge in [-0.1, -0.05) is 29.4 Å². The van der Waals surface area contributed by atoms with Crippen LogP contribution in [0.25, 0.3) is 21.6 Å². The molecule has 1 atom stereocenters. The van der Waals surface area contributed by atoms with Gasteiger partial charge in [0.1, 0.15) is 6.04 Å². The molecule has 0 radical (unpaired) electrons. The number of fused-ring (bicyclic) bond motifs is 1. The van der Waals surface area contributed by atoms with Crippen LogP contribution in [0.2, 0.25) is 0 Å². The van der Waals surface area contributed by atoms with Crippen LogP contribution in [0, 0.1) is 0 Å². The third-order valence-electron chi connectivity index (χ3n) is 6.24. The highest BCUT2D eigenvalue weighted by molar-refractivity contribution is 5.96. The van der Waals surface area contributed by atoms with E-state index in [0.717, 1.165) is 5.56 Å². The number of carboxylic acid groups (broad SMARTS) is 1. The van der Waals surface area contributed by atoms with Gasteiger partial charge in [-0.15, -0.1) is 0 Å². The number of aliphatic carboxylic acids is 1. The maximum absolute atomic E-state index is 12.7. The fourth-order valence-corrected chi connectivity index (χ4v) is 4.04. The lowest BCUT2D eigenvalue weighted by molar-refractivity contribution is -0.139. The van der Waals surface area contributed by atoms with Crippen LogP contribution >= 0.6 is 0 Å². The molecule has 2 amide bonds. The molecule has 0 saturated carbocycles. The number of benzene rings is 2. The van der Waals surface area contributed by atoms with Gasteiger partial charge in [-0.2, -0.15) is 9.97 Å². The summed E-state index contributed by atoms with van der Waals surface area (Å²) in [5, 5.41) is 18.3. The molecular weight excluding hydrogens is 542 g/mol. The third-order valence-corrected chi connectivity index (χ3v) is 6.24. The van der Waals surface area contributed by atoms with E-state index in [1.54, 1.807) is 30.5 Å². The van der Waals surface area contributed by atoms with Crippen molar-refractivity contribution in [1.82, 2.24) is 30.6 Å². The van der Waals surface area contributed by atoms with Crippen molar-refractivity contribution in [3.63, 3.8) is 0 Å². The lowest BCUT2D eigenvalue weighted by Crippen LogP contribution is -2.41. The summed E-state index contributed by atoms with van der Waals surface area (Å²) in [6, 6.07) is 11.7. The Bertz CT molecular complexity index is 1650. The molecule has 4 aromatic rings. The first-order valence-corrected chi connectivity index (χ1v) is 12.8. The van der Waals surface area contributed by atoms with Crippen molar-refractivity contribution in [1.29, 1.82) is 0 Å². The van der Waals surface area contributed by atoms with Gasteiger partial charge in [0.2, 0.25) is 5.95 Å². The zero-order chi connectivity index (χ0) is 30.1. The minimum Gasteiger partial charge on any atom is -0.480 e. The Morgan fingerprint density at radius 1 is 0.952 bits per heavy atom. The van der Waals surface area contributed by atoms with Crippen molar-refractivity contribution in [3.05, 3.63) is 87.6 Å². The number of aryl methyl sites for hydroxylation is 2. The van der Waals surface area contributed by atoms with Gasteiger partial charge in [0.15, 0.2) is 17.0 Å². The van der Waals surface area contributed by atoms with Gasteiger partial charge < -0.3 is 27.2 Å². The number of nitrogens with one attached hydrogen (secondary N) is 2. The lowest BCUT2D eigenvalue weighted by Gasteiger charge is -2.15. The van der Waals surface area contributed by atoms with Gasteiger partial charge in [-0.05, 0) is 61.0 Å². The smallest absolute Gasteiger partial charge is 0.326 e. The first-order valence-electron chi connectivity index (χ1n) is 12.8. The molecule has 214 valence electrons. The van der Waals surface area contributed by atoms with E-state index in [0.29, 0.717) is 52.9 Å². The van der Waals surface area contributed by atoms with Crippen LogP contribution in [0.5, 0.6) is 0 Å². The molecule has 0 aliphatic rings. The zero-order valence-corrected chi connectivity index (χ0v) is 22.3. The Hall–Kier alpha value is -5.82. The molecule has 0 spiro atoms. The Labute approximate surface area is 239 Å². The van der Waals surface area contributed by atoms with Gasteiger partial charge in [0.25, 0.3) is 11.8 Å². The summed E-state index contributed by atoms with van der Waals surface area (Å²) in [7, 11) is 0. The Balaban J connectivity index is 1.25. The second kappa shape index (κ2) is 13.5. The maximum atomic E-state index is 12.7. The molecule has 7 N–H and O–H groups in total. The summed E-state index contributed by atoms with van der Waals surface area (Å²) in [4.78, 5) is 56.0. The van der Waals surface area contributed by atoms with Crippen molar-refractivity contribution in [2.24, 2.45) is 5.11 Å². The second-order valence-corrected chi connectivity index (χ2v) is 9.20. The van der Waals surface area contributed by atoms with Crippen LogP contribution in [-0.4, -0.2) is 55.4 Å². The Morgan fingerprint density at radius 3 is 2.33 bits per heavy atom. The van der Waals surface area contributed by atoms with Crippen LogP contribution in [-0.2, 0) is 17.6 Å². The molecule has 2 aromatic carbocycles. The first-order chi connectivity index (χ1) is 20.2. The van der Waals surface area contributed by atoms with Gasteiger partial charge in [-0.3, -0.25) is 9.59 Å². The Kier molecular flexibility index (Phi) is 9.37. The predicted octanol–water partition coefficient (Wildman–Crippen LogP) is 2.70. The first kappa shape index (κ1) is 29.2. The number of rotatable bonds is 12. The fraction of sp³-hybridized carbons (Fsp3) is 0.222. The van der Waals surface area contributed by atoms with E-state index in [-0.39, 0.29) is 30.6 Å². The van der Waals surface area contributed by atoms with Crippen LogP contribution in [0.4, 0.5) is 17.5 Å². The monoisotopic (exact) mass is 569 g/mol. The van der Waals surface area contributed by atoms with Gasteiger partial charge in [0, 0.05) is 28.3 Å². The summed E-state index contributed by atoms with van der Waals surface area (Å²) in [6.45, 7) is 0.209. The number of hydrogen-bond donors (Lipinski definition) is 5. The van der Waals surface area contributed by atoms with E-state index in [9.17, 15) is 19.5 Å². The number of azide groups is 1. The third kappa shape index (κ3) is 7.64. The van der Waals surface area contributed by atoms with Crippen molar-refractivity contribution >= 4 is 46.4 Å². The van der Waals surface area contributed by atoms with Crippen LogP contribution in [0.3, 0.4) is 0 Å². The van der Waals surface area contributed by atoms with Gasteiger partial charge >= 0.3 is 5.97 Å². The quantitative estimate of drug-likeness (QED) is 0.0721. The number of nitrogens with zero attached hydrogens (tertiary/aromatic N) is 7. The summed E-state index contributed by atoms with van der Waals surface area (Å²) in [6.07, 6.45) is 3.19. The minimum absolute atomic E-state index is 0.0259. The van der Waals surface area contributed by atoms with E-state index < -0.39 is 17.9 Å². The number of carboxylic acids is 1.